The van der Waals surface area contributed by atoms with Gasteiger partial charge in [-0.15, -0.1) is 0 Å². The van der Waals surface area contributed by atoms with Crippen molar-refractivity contribution in [2.24, 2.45) is 0 Å². The lowest BCUT2D eigenvalue weighted by Gasteiger charge is -2.10. The van der Waals surface area contributed by atoms with Crippen LogP contribution >= 0.6 is 0 Å². The molecule has 122 valence electrons. The summed E-state index contributed by atoms with van der Waals surface area (Å²) >= 11 is 0. The monoisotopic (exact) mass is 328 g/mol. The topological polar surface area (TPSA) is 62.1 Å². The highest BCUT2D eigenvalue weighted by molar-refractivity contribution is 6.10. The third kappa shape index (κ3) is 3.96. The molecule has 0 aliphatic heterocycles. The van der Waals surface area contributed by atoms with Gasteiger partial charge in [-0.3, -0.25) is 4.79 Å². The summed E-state index contributed by atoms with van der Waals surface area (Å²) in [6, 6.07) is 11.9. The highest BCUT2D eigenvalue weighted by atomic mass is 19.2. The molecule has 2 aromatic rings. The third-order valence-electron chi connectivity index (χ3n) is 3.08. The number of benzene rings is 2. The van der Waals surface area contributed by atoms with Gasteiger partial charge in [0.15, 0.2) is 11.6 Å². The molecule has 1 N–H and O–H groups in total. The average molecular weight is 328 g/mol. The summed E-state index contributed by atoms with van der Waals surface area (Å²) in [5.74, 6) is -2.47. The zero-order valence-corrected chi connectivity index (χ0v) is 12.8. The van der Waals surface area contributed by atoms with E-state index < -0.39 is 17.5 Å². The highest BCUT2D eigenvalue weighted by Crippen LogP contribution is 2.24. The highest BCUT2D eigenvalue weighted by Gasteiger charge is 2.14. The number of para-hydroxylation sites is 2. The Labute approximate surface area is 138 Å². The standard InChI is InChI=1S/C18H14F2N2O2/c1-2-24-16-9-4-3-8-15(16)22-18(23)13(11-21)10-12-6-5-7-14(19)17(12)20/h3-10H,2H2,1H3,(H,22,23)/b13-10-. The van der Waals surface area contributed by atoms with E-state index in [0.29, 0.717) is 18.0 Å². The van der Waals surface area contributed by atoms with E-state index in [9.17, 15) is 13.6 Å². The summed E-state index contributed by atoms with van der Waals surface area (Å²) in [5.41, 5.74) is -0.157. The minimum Gasteiger partial charge on any atom is -0.492 e. The number of ether oxygens (including phenoxy) is 1. The van der Waals surface area contributed by atoms with Crippen molar-refractivity contribution in [2.45, 2.75) is 6.92 Å². The molecule has 0 heterocycles. The molecule has 2 aromatic carbocycles. The molecule has 0 saturated heterocycles. The van der Waals surface area contributed by atoms with Crippen LogP contribution in [0.4, 0.5) is 14.5 Å². The Morgan fingerprint density at radius 2 is 2.00 bits per heavy atom. The van der Waals surface area contributed by atoms with Gasteiger partial charge < -0.3 is 10.1 Å². The molecule has 0 fully saturated rings. The van der Waals surface area contributed by atoms with Crippen LogP contribution in [0.3, 0.4) is 0 Å². The van der Waals surface area contributed by atoms with Crippen molar-refractivity contribution in [2.75, 3.05) is 11.9 Å². The zero-order chi connectivity index (χ0) is 17.5. The van der Waals surface area contributed by atoms with Crippen molar-refractivity contribution < 1.29 is 18.3 Å². The van der Waals surface area contributed by atoms with Gasteiger partial charge in [0.2, 0.25) is 0 Å². The lowest BCUT2D eigenvalue weighted by molar-refractivity contribution is -0.112. The van der Waals surface area contributed by atoms with Gasteiger partial charge in [0.25, 0.3) is 5.91 Å². The predicted octanol–water partition coefficient (Wildman–Crippen LogP) is 3.91. The summed E-state index contributed by atoms with van der Waals surface area (Å²) < 4.78 is 32.3. The number of carbonyl (C=O) groups excluding carboxylic acids is 1. The molecule has 24 heavy (non-hydrogen) atoms. The van der Waals surface area contributed by atoms with E-state index in [1.54, 1.807) is 37.3 Å². The maximum Gasteiger partial charge on any atom is 0.266 e. The van der Waals surface area contributed by atoms with Crippen molar-refractivity contribution >= 4 is 17.7 Å². The number of hydrogen-bond donors (Lipinski definition) is 1. The van der Waals surface area contributed by atoms with Crippen molar-refractivity contribution in [1.29, 1.82) is 5.26 Å². The van der Waals surface area contributed by atoms with Gasteiger partial charge in [0.1, 0.15) is 17.4 Å². The molecule has 0 radical (unpaired) electrons. The third-order valence-corrected chi connectivity index (χ3v) is 3.08. The summed E-state index contributed by atoms with van der Waals surface area (Å²) in [5, 5.41) is 11.7. The fourth-order valence-corrected chi connectivity index (χ4v) is 1.98. The number of halogens is 2. The van der Waals surface area contributed by atoms with Gasteiger partial charge >= 0.3 is 0 Å². The van der Waals surface area contributed by atoms with E-state index in [1.807, 2.05) is 0 Å². The van der Waals surface area contributed by atoms with Crippen LogP contribution in [0, 0.1) is 23.0 Å². The molecule has 0 spiro atoms. The molecule has 0 aliphatic rings. The number of nitrogens with one attached hydrogen (secondary N) is 1. The molecule has 0 unspecified atom stereocenters. The quantitative estimate of drug-likeness (QED) is 0.668. The minimum atomic E-state index is -1.12. The van der Waals surface area contributed by atoms with Crippen LogP contribution in [0.15, 0.2) is 48.0 Å². The molecule has 0 saturated carbocycles. The van der Waals surface area contributed by atoms with E-state index >= 15 is 0 Å². The second-order valence-electron chi connectivity index (χ2n) is 4.70. The number of rotatable bonds is 5. The fraction of sp³-hybridized carbons (Fsp3) is 0.111. The molecular formula is C18H14F2N2O2. The van der Waals surface area contributed by atoms with Gasteiger partial charge in [-0.1, -0.05) is 24.3 Å². The minimum absolute atomic E-state index is 0.181. The number of anilines is 1. The SMILES string of the molecule is CCOc1ccccc1NC(=O)/C(C#N)=C\c1cccc(F)c1F. The Hall–Kier alpha value is -3.20. The number of nitrogens with zero attached hydrogens (tertiary/aromatic N) is 1. The molecule has 0 aromatic heterocycles. The van der Waals surface area contributed by atoms with Crippen LogP contribution in [0.1, 0.15) is 12.5 Å². The lowest BCUT2D eigenvalue weighted by Crippen LogP contribution is -2.14. The van der Waals surface area contributed by atoms with Crippen molar-refractivity contribution in [1.82, 2.24) is 0 Å². The zero-order valence-electron chi connectivity index (χ0n) is 12.8. The van der Waals surface area contributed by atoms with E-state index in [2.05, 4.69) is 5.32 Å². The Morgan fingerprint density at radius 3 is 2.71 bits per heavy atom. The van der Waals surface area contributed by atoms with E-state index in [0.717, 1.165) is 12.1 Å². The van der Waals surface area contributed by atoms with Crippen LogP contribution in [0.25, 0.3) is 6.08 Å². The molecule has 4 nitrogen and oxygen atoms in total. The van der Waals surface area contributed by atoms with E-state index in [1.165, 1.54) is 12.1 Å². The van der Waals surface area contributed by atoms with Gasteiger partial charge in [-0.05, 0) is 31.2 Å². The predicted molar refractivity (Wildman–Crippen MR) is 86.2 cm³/mol. The summed E-state index contributed by atoms with van der Waals surface area (Å²) in [6.07, 6.45) is 0.997. The molecule has 2 rings (SSSR count). The maximum absolute atomic E-state index is 13.7. The summed E-state index contributed by atoms with van der Waals surface area (Å²) in [7, 11) is 0. The van der Waals surface area contributed by atoms with Crippen molar-refractivity contribution in [3.63, 3.8) is 0 Å². The van der Waals surface area contributed by atoms with Crippen LogP contribution in [0.2, 0.25) is 0 Å². The summed E-state index contributed by atoms with van der Waals surface area (Å²) in [6.45, 7) is 2.20. The lowest BCUT2D eigenvalue weighted by atomic mass is 10.1. The average Bonchev–Trinajstić information content (AvgIpc) is 2.58. The number of amides is 1. The second-order valence-corrected chi connectivity index (χ2v) is 4.70. The first kappa shape index (κ1) is 17.2. The maximum atomic E-state index is 13.7. The van der Waals surface area contributed by atoms with Crippen molar-refractivity contribution in [3.8, 4) is 11.8 Å². The van der Waals surface area contributed by atoms with Gasteiger partial charge in [-0.25, -0.2) is 8.78 Å². The van der Waals surface area contributed by atoms with Gasteiger partial charge in [0.05, 0.1) is 12.3 Å². The Morgan fingerprint density at radius 1 is 1.25 bits per heavy atom. The Bertz CT molecular complexity index is 826. The van der Waals surface area contributed by atoms with Crippen LogP contribution in [-0.2, 0) is 4.79 Å². The van der Waals surface area contributed by atoms with E-state index in [-0.39, 0.29) is 11.1 Å². The molecule has 0 aliphatic carbocycles. The molecule has 0 atom stereocenters. The molecule has 1 amide bonds. The second kappa shape index (κ2) is 7.88. The Kier molecular flexibility index (Phi) is 5.63. The smallest absolute Gasteiger partial charge is 0.266 e. The summed E-state index contributed by atoms with van der Waals surface area (Å²) in [4.78, 5) is 12.2. The molecule has 6 heteroatoms. The van der Waals surface area contributed by atoms with Crippen LogP contribution < -0.4 is 10.1 Å². The Balaban J connectivity index is 2.29. The van der Waals surface area contributed by atoms with Gasteiger partial charge in [0, 0.05) is 5.56 Å². The van der Waals surface area contributed by atoms with Crippen LogP contribution in [0.5, 0.6) is 5.75 Å². The van der Waals surface area contributed by atoms with Crippen molar-refractivity contribution in [3.05, 3.63) is 65.2 Å². The van der Waals surface area contributed by atoms with Gasteiger partial charge in [-0.2, -0.15) is 5.26 Å². The van der Waals surface area contributed by atoms with E-state index in [4.69, 9.17) is 10.00 Å². The first-order chi connectivity index (χ1) is 11.6. The fourth-order valence-electron chi connectivity index (χ4n) is 1.98. The molecular weight excluding hydrogens is 314 g/mol. The normalized spacial score (nSPS) is 10.8. The first-order valence-electron chi connectivity index (χ1n) is 7.15. The number of hydrogen-bond acceptors (Lipinski definition) is 3. The molecule has 0 bridgehead atoms. The number of carbonyl (C=O) groups is 1. The van der Waals surface area contributed by atoms with Crippen LogP contribution in [-0.4, -0.2) is 12.5 Å². The largest absolute Gasteiger partial charge is 0.492 e. The first-order valence-corrected chi connectivity index (χ1v) is 7.15. The number of nitriles is 1.